The van der Waals surface area contributed by atoms with Crippen molar-refractivity contribution in [3.05, 3.63) is 61.6 Å². The topological polar surface area (TPSA) is 149 Å². The van der Waals surface area contributed by atoms with Crippen molar-refractivity contribution in [1.82, 2.24) is 9.55 Å². The van der Waals surface area contributed by atoms with E-state index < -0.39 is 62.3 Å². The van der Waals surface area contributed by atoms with Crippen LogP contribution in [0.2, 0.25) is 5.02 Å². The van der Waals surface area contributed by atoms with Gasteiger partial charge in [-0.3, -0.25) is 23.4 Å². The average molecular weight is 485 g/mol. The highest BCUT2D eigenvalue weighted by Gasteiger charge is 2.57. The first kappa shape index (κ1) is 19.6. The van der Waals surface area contributed by atoms with E-state index in [4.69, 9.17) is 28.1 Å². The van der Waals surface area contributed by atoms with Crippen molar-refractivity contribution in [2.45, 2.75) is 30.9 Å². The second-order valence-corrected chi connectivity index (χ2v) is 8.44. The van der Waals surface area contributed by atoms with Gasteiger partial charge in [0.1, 0.15) is 24.5 Å². The molecule has 4 rings (SSSR count). The third-order valence-electron chi connectivity index (χ3n) is 4.39. The predicted molar refractivity (Wildman–Crippen MR) is 97.7 cm³/mol. The van der Waals surface area contributed by atoms with Crippen LogP contribution in [0.15, 0.2) is 34.0 Å². The van der Waals surface area contributed by atoms with Crippen LogP contribution in [-0.4, -0.2) is 44.4 Å². The molecule has 31 heavy (non-hydrogen) atoms. The predicted octanol–water partition coefficient (Wildman–Crippen LogP) is 0.979. The van der Waals surface area contributed by atoms with E-state index in [1.54, 1.807) is 0 Å². The number of phosphoric acid groups is 1. The standard InChI is InChI=1S/C16H14ClF2N2O9P/c17-8-1-2-10-7(3-8)5-27-31(26,30-10)28-6-16(19)12(23)11(22)14(29-16)21-4-9(18)13(24)20-15(21)25/h1-4,11-12,14,22-23H,5-6H2,(H,20,24,25)/t11-,12+,14-,16-,31?/m1/s1/i6D2. The molecule has 2 aromatic rings. The summed E-state index contributed by atoms with van der Waals surface area (Å²) < 4.78 is 77.3. The fourth-order valence-electron chi connectivity index (χ4n) is 2.85. The number of ether oxygens (including phenoxy) is 1. The van der Waals surface area contributed by atoms with E-state index >= 15 is 4.39 Å². The molecule has 0 spiro atoms. The number of hydrogen-bond acceptors (Lipinski definition) is 9. The Balaban J connectivity index is 1.63. The van der Waals surface area contributed by atoms with Crippen molar-refractivity contribution in [3.8, 4) is 5.75 Å². The van der Waals surface area contributed by atoms with Crippen molar-refractivity contribution in [2.75, 3.05) is 6.56 Å². The van der Waals surface area contributed by atoms with Crippen molar-refractivity contribution in [3.63, 3.8) is 0 Å². The monoisotopic (exact) mass is 484 g/mol. The number of hydrogen-bond donors (Lipinski definition) is 3. The molecular formula is C16H14ClF2N2O9P. The minimum atomic E-state index is -4.85. The number of aliphatic hydroxyl groups is 2. The Morgan fingerprint density at radius 1 is 1.45 bits per heavy atom. The van der Waals surface area contributed by atoms with Gasteiger partial charge in [0.15, 0.2) is 6.23 Å². The van der Waals surface area contributed by atoms with Gasteiger partial charge >= 0.3 is 13.5 Å². The minimum Gasteiger partial charge on any atom is -0.404 e. The van der Waals surface area contributed by atoms with Gasteiger partial charge in [0.2, 0.25) is 5.82 Å². The second-order valence-electron chi connectivity index (χ2n) is 6.49. The van der Waals surface area contributed by atoms with Crippen LogP contribution in [0.3, 0.4) is 0 Å². The average Bonchev–Trinajstić information content (AvgIpc) is 2.96. The molecule has 11 nitrogen and oxygen atoms in total. The van der Waals surface area contributed by atoms with Gasteiger partial charge in [0, 0.05) is 10.6 Å². The molecule has 2 aliphatic rings. The maximum Gasteiger partial charge on any atom is 0.530 e. The number of aliphatic hydroxyl groups excluding tert-OH is 2. The summed E-state index contributed by atoms with van der Waals surface area (Å²) in [5, 5.41) is 20.6. The molecule has 0 bridgehead atoms. The molecule has 1 aromatic carbocycles. The number of halogens is 3. The third-order valence-corrected chi connectivity index (χ3v) is 5.81. The van der Waals surface area contributed by atoms with E-state index in [0.717, 1.165) is 0 Å². The summed E-state index contributed by atoms with van der Waals surface area (Å²) in [7, 11) is -4.85. The maximum atomic E-state index is 15.6. The molecule has 0 saturated carbocycles. The zero-order valence-electron chi connectivity index (χ0n) is 17.0. The van der Waals surface area contributed by atoms with Crippen LogP contribution in [0.1, 0.15) is 14.5 Å². The van der Waals surface area contributed by atoms with E-state index in [2.05, 4.69) is 4.52 Å². The Hall–Kier alpha value is -2.12. The van der Waals surface area contributed by atoms with Gasteiger partial charge in [-0.25, -0.2) is 13.8 Å². The van der Waals surface area contributed by atoms with Gasteiger partial charge in [-0.2, -0.15) is 4.39 Å². The number of phosphoric ester groups is 1. The Bertz CT molecular complexity index is 1280. The molecular weight excluding hydrogens is 469 g/mol. The lowest BCUT2D eigenvalue weighted by Gasteiger charge is -2.28. The number of aromatic amines is 1. The van der Waals surface area contributed by atoms with Crippen LogP contribution in [-0.2, 0) is 25.0 Å². The highest BCUT2D eigenvalue weighted by Crippen LogP contribution is 2.56. The number of fused-ring (bicyclic) bond motifs is 1. The second kappa shape index (κ2) is 7.78. The quantitative estimate of drug-likeness (QED) is 0.540. The first-order valence-electron chi connectivity index (χ1n) is 9.43. The normalized spacial score (nSPS) is 33.9. The Kier molecular flexibility index (Phi) is 4.91. The summed E-state index contributed by atoms with van der Waals surface area (Å²) in [6.45, 7) is -4.23. The van der Waals surface area contributed by atoms with Gasteiger partial charge in [0.05, 0.1) is 15.5 Å². The zero-order valence-corrected chi connectivity index (χ0v) is 16.7. The SMILES string of the molecule is [2H]C([2H])(OP1(=O)OCc2cc(Cl)ccc2O1)[C@@]1(F)O[C@@H](n2cc(F)c(=O)[nH]c2=O)[C@H](O)[C@@H]1O. The van der Waals surface area contributed by atoms with Crippen molar-refractivity contribution in [2.24, 2.45) is 0 Å². The maximum absolute atomic E-state index is 15.6. The van der Waals surface area contributed by atoms with Crippen LogP contribution in [0.4, 0.5) is 8.78 Å². The van der Waals surface area contributed by atoms with Crippen LogP contribution in [0, 0.1) is 5.82 Å². The molecule has 5 atom stereocenters. The van der Waals surface area contributed by atoms with E-state index in [-0.39, 0.29) is 16.5 Å². The van der Waals surface area contributed by atoms with Crippen LogP contribution in [0.25, 0.3) is 0 Å². The Morgan fingerprint density at radius 2 is 2.19 bits per heavy atom. The summed E-state index contributed by atoms with van der Waals surface area (Å²) in [5.74, 6) is -5.53. The number of nitrogens with one attached hydrogen (secondary N) is 1. The molecule has 3 heterocycles. The molecule has 1 fully saturated rings. The van der Waals surface area contributed by atoms with Crippen molar-refractivity contribution in [1.29, 1.82) is 0 Å². The largest absolute Gasteiger partial charge is 0.530 e. The smallest absolute Gasteiger partial charge is 0.404 e. The minimum absolute atomic E-state index is 0.0567. The first-order chi connectivity index (χ1) is 15.3. The van der Waals surface area contributed by atoms with Gasteiger partial charge < -0.3 is 19.5 Å². The highest BCUT2D eigenvalue weighted by atomic mass is 35.5. The number of H-pyrrole nitrogens is 1. The lowest BCUT2D eigenvalue weighted by molar-refractivity contribution is -0.205. The van der Waals surface area contributed by atoms with Crippen LogP contribution >= 0.6 is 19.4 Å². The number of rotatable bonds is 4. The first-order valence-corrected chi connectivity index (χ1v) is 10.3. The van der Waals surface area contributed by atoms with Gasteiger partial charge in [-0.1, -0.05) is 11.6 Å². The van der Waals surface area contributed by atoms with Gasteiger partial charge in [0.25, 0.3) is 11.4 Å². The van der Waals surface area contributed by atoms with E-state index in [1.807, 2.05) is 0 Å². The Labute approximate surface area is 179 Å². The van der Waals surface area contributed by atoms with E-state index in [0.29, 0.717) is 10.6 Å². The summed E-state index contributed by atoms with van der Waals surface area (Å²) in [5.41, 5.74) is -2.44. The van der Waals surface area contributed by atoms with Crippen LogP contribution < -0.4 is 15.8 Å². The molecule has 1 saturated heterocycles. The van der Waals surface area contributed by atoms with E-state index in [9.17, 15) is 28.8 Å². The number of aromatic nitrogens is 2. The fourth-order valence-corrected chi connectivity index (χ4v) is 4.14. The highest BCUT2D eigenvalue weighted by molar-refractivity contribution is 7.49. The van der Waals surface area contributed by atoms with Crippen LogP contribution in [0.5, 0.6) is 5.75 Å². The molecule has 15 heteroatoms. The number of nitrogens with zero attached hydrogens (tertiary/aromatic N) is 1. The summed E-state index contributed by atoms with van der Waals surface area (Å²) in [4.78, 5) is 24.6. The van der Waals surface area contributed by atoms with Crippen molar-refractivity contribution < 1.29 is 44.6 Å². The number of alkyl halides is 1. The third kappa shape index (κ3) is 4.05. The molecule has 0 radical (unpaired) electrons. The lowest BCUT2D eigenvalue weighted by Crippen LogP contribution is -2.43. The summed E-state index contributed by atoms with van der Waals surface area (Å²) >= 11 is 5.83. The molecule has 2 aliphatic heterocycles. The molecule has 0 amide bonds. The summed E-state index contributed by atoms with van der Waals surface area (Å²) in [6, 6.07) is 4.07. The molecule has 3 N–H and O–H groups in total. The zero-order chi connectivity index (χ0) is 24.3. The van der Waals surface area contributed by atoms with Gasteiger partial charge in [-0.15, -0.1) is 0 Å². The van der Waals surface area contributed by atoms with Crippen molar-refractivity contribution >= 4 is 19.4 Å². The van der Waals surface area contributed by atoms with Gasteiger partial charge in [-0.05, 0) is 18.2 Å². The molecule has 0 aliphatic carbocycles. The summed E-state index contributed by atoms with van der Waals surface area (Å²) in [6.07, 6.45) is -7.03. The molecule has 1 aromatic heterocycles. The Morgan fingerprint density at radius 3 is 2.94 bits per heavy atom. The fraction of sp³-hybridized carbons (Fsp3) is 0.375. The molecule has 1 unspecified atom stereocenters. The van der Waals surface area contributed by atoms with E-state index in [1.165, 1.54) is 23.2 Å². The molecule has 168 valence electrons. The number of benzene rings is 1. The lowest BCUT2D eigenvalue weighted by atomic mass is 10.1.